The average Bonchev–Trinajstić information content (AvgIpc) is 3.39. The highest BCUT2D eigenvalue weighted by molar-refractivity contribution is 14.0. The fourth-order valence-corrected chi connectivity index (χ4v) is 4.49. The van der Waals surface area contributed by atoms with Gasteiger partial charge in [0, 0.05) is 58.4 Å². The summed E-state index contributed by atoms with van der Waals surface area (Å²) in [6, 6.07) is 10.6. The average molecular weight is 509 g/mol. The predicted molar refractivity (Wildman–Crippen MR) is 127 cm³/mol. The number of nitrogens with zero attached hydrogens (tertiary/aromatic N) is 4. The van der Waals surface area contributed by atoms with Gasteiger partial charge in [0.1, 0.15) is 0 Å². The second kappa shape index (κ2) is 10.4. The first-order valence-corrected chi connectivity index (χ1v) is 10.4. The molecule has 0 aliphatic carbocycles. The summed E-state index contributed by atoms with van der Waals surface area (Å²) in [5, 5.41) is 7.96. The molecule has 7 heteroatoms. The maximum Gasteiger partial charge on any atom is 0.193 e. The second-order valence-electron chi connectivity index (χ2n) is 7.91. The summed E-state index contributed by atoms with van der Waals surface area (Å²) >= 11 is 0. The van der Waals surface area contributed by atoms with Crippen LogP contribution in [0.5, 0.6) is 0 Å². The lowest BCUT2D eigenvalue weighted by Gasteiger charge is -2.33. The fraction of sp³-hybridized carbons (Fsp3) is 0.545. The highest BCUT2D eigenvalue weighted by Crippen LogP contribution is 2.33. The zero-order valence-electron chi connectivity index (χ0n) is 17.3. The van der Waals surface area contributed by atoms with Crippen molar-refractivity contribution in [3.63, 3.8) is 0 Å². The minimum atomic E-state index is 0. The van der Waals surface area contributed by atoms with Gasteiger partial charge in [0.15, 0.2) is 5.96 Å². The summed E-state index contributed by atoms with van der Waals surface area (Å²) in [4.78, 5) is 6.93. The van der Waals surface area contributed by atoms with Crippen LogP contribution in [0.2, 0.25) is 0 Å². The van der Waals surface area contributed by atoms with Crippen LogP contribution in [0, 0.1) is 5.92 Å². The first kappa shape index (κ1) is 22.1. The van der Waals surface area contributed by atoms with Gasteiger partial charge in [0.2, 0.25) is 0 Å². The number of aromatic nitrogens is 2. The molecule has 3 heterocycles. The van der Waals surface area contributed by atoms with Gasteiger partial charge in [0.25, 0.3) is 0 Å². The third-order valence-corrected chi connectivity index (χ3v) is 5.99. The number of aliphatic imine (C=N–C) groups is 1. The Balaban J connectivity index is 0.00000240. The Bertz CT molecular complexity index is 794. The Morgan fingerprint density at radius 1 is 1.24 bits per heavy atom. The lowest BCUT2D eigenvalue weighted by molar-refractivity contribution is -0.0266. The van der Waals surface area contributed by atoms with Crippen molar-refractivity contribution in [3.05, 3.63) is 53.9 Å². The molecule has 1 aromatic carbocycles. The molecule has 2 aliphatic heterocycles. The second-order valence-corrected chi connectivity index (χ2v) is 7.91. The molecule has 0 radical (unpaired) electrons. The first-order chi connectivity index (χ1) is 13.7. The SMILES string of the molecule is CN=C(NCC1CCCOC1c1ccccc1)N1CCC(c2cnn(C)c2)C1.I. The number of hydrogen-bond acceptors (Lipinski definition) is 3. The van der Waals surface area contributed by atoms with E-state index in [9.17, 15) is 0 Å². The molecular weight excluding hydrogens is 477 g/mol. The van der Waals surface area contributed by atoms with Gasteiger partial charge in [-0.25, -0.2) is 0 Å². The monoisotopic (exact) mass is 509 g/mol. The van der Waals surface area contributed by atoms with E-state index in [1.807, 2.05) is 25.0 Å². The van der Waals surface area contributed by atoms with Crippen LogP contribution < -0.4 is 5.32 Å². The molecule has 29 heavy (non-hydrogen) atoms. The Labute approximate surface area is 190 Å². The highest BCUT2D eigenvalue weighted by Gasteiger charge is 2.30. The van der Waals surface area contributed by atoms with Crippen molar-refractivity contribution in [2.75, 3.05) is 33.3 Å². The normalized spacial score (nSPS) is 25.0. The van der Waals surface area contributed by atoms with Crippen molar-refractivity contribution >= 4 is 29.9 Å². The largest absolute Gasteiger partial charge is 0.373 e. The molecule has 3 atom stereocenters. The summed E-state index contributed by atoms with van der Waals surface area (Å²) in [5.74, 6) is 2.00. The Hall–Kier alpha value is -1.61. The van der Waals surface area contributed by atoms with Crippen LogP contribution in [0.4, 0.5) is 0 Å². The first-order valence-electron chi connectivity index (χ1n) is 10.4. The van der Waals surface area contributed by atoms with E-state index < -0.39 is 0 Å². The Morgan fingerprint density at radius 3 is 2.79 bits per heavy atom. The molecule has 0 spiro atoms. The molecule has 2 aromatic rings. The highest BCUT2D eigenvalue weighted by atomic mass is 127. The van der Waals surface area contributed by atoms with E-state index in [0.29, 0.717) is 11.8 Å². The molecule has 2 saturated heterocycles. The molecule has 0 saturated carbocycles. The van der Waals surface area contributed by atoms with Crippen molar-refractivity contribution in [1.29, 1.82) is 0 Å². The van der Waals surface area contributed by atoms with Crippen LogP contribution >= 0.6 is 24.0 Å². The summed E-state index contributed by atoms with van der Waals surface area (Å²) < 4.78 is 8.03. The molecule has 2 fully saturated rings. The molecule has 2 aliphatic rings. The number of halogens is 1. The number of benzene rings is 1. The van der Waals surface area contributed by atoms with Gasteiger partial charge in [0.05, 0.1) is 12.3 Å². The summed E-state index contributed by atoms with van der Waals surface area (Å²) in [7, 11) is 3.86. The van der Waals surface area contributed by atoms with Crippen LogP contribution in [-0.4, -0.2) is 53.9 Å². The zero-order valence-corrected chi connectivity index (χ0v) is 19.7. The molecule has 6 nitrogen and oxygen atoms in total. The van der Waals surface area contributed by atoms with E-state index in [2.05, 4.69) is 56.8 Å². The van der Waals surface area contributed by atoms with Crippen LogP contribution in [0.25, 0.3) is 0 Å². The van der Waals surface area contributed by atoms with Crippen LogP contribution in [0.3, 0.4) is 0 Å². The minimum Gasteiger partial charge on any atom is -0.373 e. The van der Waals surface area contributed by atoms with E-state index in [4.69, 9.17) is 4.74 Å². The van der Waals surface area contributed by atoms with Gasteiger partial charge in [-0.1, -0.05) is 30.3 Å². The number of rotatable bonds is 4. The zero-order chi connectivity index (χ0) is 19.3. The van der Waals surface area contributed by atoms with Gasteiger partial charge >= 0.3 is 0 Å². The lowest BCUT2D eigenvalue weighted by atomic mass is 9.89. The van der Waals surface area contributed by atoms with Crippen molar-refractivity contribution in [3.8, 4) is 0 Å². The topological polar surface area (TPSA) is 54.7 Å². The smallest absolute Gasteiger partial charge is 0.193 e. The van der Waals surface area contributed by atoms with Crippen molar-refractivity contribution < 1.29 is 4.74 Å². The molecule has 1 N–H and O–H groups in total. The van der Waals surface area contributed by atoms with Crippen LogP contribution in [-0.2, 0) is 11.8 Å². The summed E-state index contributed by atoms with van der Waals surface area (Å²) in [5.41, 5.74) is 2.60. The van der Waals surface area contributed by atoms with E-state index in [1.54, 1.807) is 0 Å². The molecule has 0 bridgehead atoms. The van der Waals surface area contributed by atoms with Crippen LogP contribution in [0.1, 0.15) is 42.4 Å². The Kier molecular flexibility index (Phi) is 7.94. The van der Waals surface area contributed by atoms with Gasteiger partial charge in [-0.2, -0.15) is 5.10 Å². The van der Waals surface area contributed by atoms with Gasteiger partial charge in [-0.3, -0.25) is 9.67 Å². The number of hydrogen-bond donors (Lipinski definition) is 1. The number of nitrogens with one attached hydrogen (secondary N) is 1. The molecule has 158 valence electrons. The maximum absolute atomic E-state index is 6.14. The molecule has 0 amide bonds. The lowest BCUT2D eigenvalue weighted by Crippen LogP contribution is -2.43. The van der Waals surface area contributed by atoms with Gasteiger partial charge in [-0.15, -0.1) is 24.0 Å². The predicted octanol–water partition coefficient (Wildman–Crippen LogP) is 3.57. The van der Waals surface area contributed by atoms with Crippen molar-refractivity contribution in [2.24, 2.45) is 18.0 Å². The van der Waals surface area contributed by atoms with E-state index in [1.165, 1.54) is 17.5 Å². The number of likely N-dealkylation sites (tertiary alicyclic amines) is 1. The van der Waals surface area contributed by atoms with Crippen molar-refractivity contribution in [2.45, 2.75) is 31.3 Å². The quantitative estimate of drug-likeness (QED) is 0.389. The number of aryl methyl sites for hydroxylation is 1. The van der Waals surface area contributed by atoms with E-state index in [-0.39, 0.29) is 30.1 Å². The summed E-state index contributed by atoms with van der Waals surface area (Å²) in [6.07, 6.45) is 7.75. The number of guanidine groups is 1. The molecule has 3 unspecified atom stereocenters. The molecule has 1 aromatic heterocycles. The van der Waals surface area contributed by atoms with Gasteiger partial charge < -0.3 is 15.0 Å². The van der Waals surface area contributed by atoms with Gasteiger partial charge in [-0.05, 0) is 30.4 Å². The van der Waals surface area contributed by atoms with Crippen LogP contribution in [0.15, 0.2) is 47.7 Å². The standard InChI is InChI=1S/C22H31N5O.HI/c1-23-22(27-11-10-19(16-27)20-14-25-26(2)15-20)24-13-18-9-6-12-28-21(18)17-7-4-3-5-8-17;/h3-5,7-8,14-15,18-19,21H,6,9-13,16H2,1-2H3,(H,23,24);1H. The summed E-state index contributed by atoms with van der Waals surface area (Å²) in [6.45, 7) is 3.77. The minimum absolute atomic E-state index is 0. The van der Waals surface area contributed by atoms with E-state index in [0.717, 1.165) is 45.0 Å². The van der Waals surface area contributed by atoms with Crippen molar-refractivity contribution in [1.82, 2.24) is 20.0 Å². The molecule has 4 rings (SSSR count). The third-order valence-electron chi connectivity index (χ3n) is 5.99. The maximum atomic E-state index is 6.14. The Morgan fingerprint density at radius 2 is 2.07 bits per heavy atom. The van der Waals surface area contributed by atoms with E-state index >= 15 is 0 Å². The fourth-order valence-electron chi connectivity index (χ4n) is 4.49. The third kappa shape index (κ3) is 5.31. The number of ether oxygens (including phenoxy) is 1. The molecular formula is C22H32IN5O.